The molecule has 3 N–H and O–H groups in total. The molecule has 0 aliphatic carbocycles. The molecule has 1 heterocycles. The molecule has 14 heavy (non-hydrogen) atoms. The minimum atomic E-state index is -0.223. The maximum absolute atomic E-state index is 8.80. The Hall–Kier alpha value is -0.910. The first-order valence-electron chi connectivity index (χ1n) is 4.70. The smallest absolute Gasteiger partial charge is 0.105 e. The lowest BCUT2D eigenvalue weighted by Crippen LogP contribution is -2.37. The molecule has 0 aliphatic rings. The summed E-state index contributed by atoms with van der Waals surface area (Å²) in [5.74, 6) is 0.969. The summed E-state index contributed by atoms with van der Waals surface area (Å²) in [5, 5.41) is 20.6. The van der Waals surface area contributed by atoms with E-state index in [0.29, 0.717) is 6.54 Å². The van der Waals surface area contributed by atoms with Gasteiger partial charge in [0.1, 0.15) is 5.82 Å². The zero-order chi connectivity index (χ0) is 10.4. The molecule has 0 unspecified atom stereocenters. The van der Waals surface area contributed by atoms with Gasteiger partial charge in [-0.2, -0.15) is 0 Å². The Morgan fingerprint density at radius 3 is 2.71 bits per heavy atom. The molecule has 0 atom stereocenters. The lowest BCUT2D eigenvalue weighted by Gasteiger charge is -2.13. The van der Waals surface area contributed by atoms with Crippen LogP contribution in [0.3, 0.4) is 0 Å². The second-order valence-electron chi connectivity index (χ2n) is 3.18. The summed E-state index contributed by atoms with van der Waals surface area (Å²) in [5.41, 5.74) is 0. The molecule has 5 nitrogen and oxygen atoms in total. The predicted octanol–water partition coefficient (Wildman–Crippen LogP) is -0.866. The van der Waals surface area contributed by atoms with Gasteiger partial charge >= 0.3 is 0 Å². The molecule has 0 aromatic carbocycles. The van der Waals surface area contributed by atoms with Gasteiger partial charge in [0.2, 0.25) is 0 Å². The van der Waals surface area contributed by atoms with Crippen LogP contribution in [0.5, 0.6) is 0 Å². The fourth-order valence-electron chi connectivity index (χ4n) is 1.22. The standard InChI is InChI=1S/C9H17N3O2/c1-8-10-2-4-12(8)5-3-11-9(6-13)7-14/h2,4,9,11,13-14H,3,5-7H2,1H3. The molecule has 0 spiro atoms. The van der Waals surface area contributed by atoms with Crippen LogP contribution in [0.2, 0.25) is 0 Å². The van der Waals surface area contributed by atoms with Crippen LogP contribution in [-0.4, -0.2) is 45.6 Å². The largest absolute Gasteiger partial charge is 0.395 e. The number of aliphatic hydroxyl groups excluding tert-OH is 2. The Kier molecular flexibility index (Phi) is 4.58. The summed E-state index contributed by atoms with van der Waals surface area (Å²) in [6, 6.07) is -0.223. The zero-order valence-corrected chi connectivity index (χ0v) is 8.35. The van der Waals surface area contributed by atoms with Crippen molar-refractivity contribution in [2.75, 3.05) is 19.8 Å². The molecule has 1 rings (SSSR count). The second kappa shape index (κ2) is 5.74. The van der Waals surface area contributed by atoms with Gasteiger partial charge in [0.25, 0.3) is 0 Å². The molecule has 5 heteroatoms. The highest BCUT2D eigenvalue weighted by Gasteiger charge is 2.03. The van der Waals surface area contributed by atoms with Crippen LogP contribution in [0.25, 0.3) is 0 Å². The summed E-state index contributed by atoms with van der Waals surface area (Å²) < 4.78 is 2.01. The van der Waals surface area contributed by atoms with Crippen LogP contribution in [0.1, 0.15) is 5.82 Å². The highest BCUT2D eigenvalue weighted by molar-refractivity contribution is 4.88. The Labute approximate surface area is 83.4 Å². The van der Waals surface area contributed by atoms with Crippen molar-refractivity contribution in [1.82, 2.24) is 14.9 Å². The Balaban J connectivity index is 2.24. The number of aliphatic hydroxyl groups is 2. The first-order chi connectivity index (χ1) is 6.77. The molecule has 0 saturated heterocycles. The zero-order valence-electron chi connectivity index (χ0n) is 8.35. The van der Waals surface area contributed by atoms with Gasteiger partial charge in [0, 0.05) is 25.5 Å². The van der Waals surface area contributed by atoms with Crippen molar-refractivity contribution in [3.63, 3.8) is 0 Å². The third-order valence-electron chi connectivity index (χ3n) is 2.15. The third-order valence-corrected chi connectivity index (χ3v) is 2.15. The summed E-state index contributed by atoms with van der Waals surface area (Å²) in [6.45, 7) is 3.36. The van der Waals surface area contributed by atoms with E-state index in [0.717, 1.165) is 12.4 Å². The van der Waals surface area contributed by atoms with Crippen LogP contribution in [0.15, 0.2) is 12.4 Å². The highest BCUT2D eigenvalue weighted by Crippen LogP contribution is 1.93. The van der Waals surface area contributed by atoms with Gasteiger partial charge in [-0.05, 0) is 6.92 Å². The van der Waals surface area contributed by atoms with E-state index < -0.39 is 0 Å². The van der Waals surface area contributed by atoms with Gasteiger partial charge in [-0.1, -0.05) is 0 Å². The molecular formula is C9H17N3O2. The molecule has 0 amide bonds. The molecule has 0 saturated carbocycles. The van der Waals surface area contributed by atoms with Gasteiger partial charge in [-0.15, -0.1) is 0 Å². The van der Waals surface area contributed by atoms with Gasteiger partial charge in [-0.25, -0.2) is 4.98 Å². The highest BCUT2D eigenvalue weighted by atomic mass is 16.3. The van der Waals surface area contributed by atoms with Crippen molar-refractivity contribution in [3.05, 3.63) is 18.2 Å². The summed E-state index contributed by atoms with van der Waals surface area (Å²) in [7, 11) is 0. The monoisotopic (exact) mass is 199 g/mol. The topological polar surface area (TPSA) is 70.3 Å². The third kappa shape index (κ3) is 3.10. The Morgan fingerprint density at radius 1 is 1.50 bits per heavy atom. The molecule has 0 bridgehead atoms. The van der Waals surface area contributed by atoms with Crippen molar-refractivity contribution in [1.29, 1.82) is 0 Å². The minimum Gasteiger partial charge on any atom is -0.395 e. The average molecular weight is 199 g/mol. The van der Waals surface area contributed by atoms with Crippen molar-refractivity contribution in [2.45, 2.75) is 19.5 Å². The lowest BCUT2D eigenvalue weighted by molar-refractivity contribution is 0.170. The molecule has 1 aromatic heterocycles. The van der Waals surface area contributed by atoms with Crippen LogP contribution >= 0.6 is 0 Å². The number of aryl methyl sites for hydroxylation is 1. The number of aromatic nitrogens is 2. The Bertz CT molecular complexity index is 258. The molecule has 0 aliphatic heterocycles. The van der Waals surface area contributed by atoms with Gasteiger partial charge in [-0.3, -0.25) is 0 Å². The average Bonchev–Trinajstić information content (AvgIpc) is 2.59. The van der Waals surface area contributed by atoms with Crippen molar-refractivity contribution in [3.8, 4) is 0 Å². The second-order valence-corrected chi connectivity index (χ2v) is 3.18. The van der Waals surface area contributed by atoms with E-state index in [1.165, 1.54) is 0 Å². The van der Waals surface area contributed by atoms with E-state index in [9.17, 15) is 0 Å². The van der Waals surface area contributed by atoms with Crippen molar-refractivity contribution >= 4 is 0 Å². The van der Waals surface area contributed by atoms with Crippen LogP contribution in [0.4, 0.5) is 0 Å². The van der Waals surface area contributed by atoms with Crippen molar-refractivity contribution < 1.29 is 10.2 Å². The van der Waals surface area contributed by atoms with Crippen LogP contribution < -0.4 is 5.32 Å². The van der Waals surface area contributed by atoms with Crippen LogP contribution in [-0.2, 0) is 6.54 Å². The van der Waals surface area contributed by atoms with E-state index in [-0.39, 0.29) is 19.3 Å². The fraction of sp³-hybridized carbons (Fsp3) is 0.667. The Morgan fingerprint density at radius 2 is 2.21 bits per heavy atom. The molecule has 0 fully saturated rings. The number of hydrogen-bond donors (Lipinski definition) is 3. The molecule has 80 valence electrons. The molecule has 0 radical (unpaired) electrons. The number of nitrogens with one attached hydrogen (secondary N) is 1. The number of nitrogens with zero attached hydrogens (tertiary/aromatic N) is 2. The quantitative estimate of drug-likeness (QED) is 0.557. The number of hydrogen-bond acceptors (Lipinski definition) is 4. The fourth-order valence-corrected chi connectivity index (χ4v) is 1.22. The molecule has 1 aromatic rings. The lowest BCUT2D eigenvalue weighted by atomic mass is 10.3. The predicted molar refractivity (Wildman–Crippen MR) is 52.9 cm³/mol. The normalized spacial score (nSPS) is 11.1. The first-order valence-corrected chi connectivity index (χ1v) is 4.70. The molecular weight excluding hydrogens is 182 g/mol. The summed E-state index contributed by atoms with van der Waals surface area (Å²) in [4.78, 5) is 4.09. The minimum absolute atomic E-state index is 0.0423. The van der Waals surface area contributed by atoms with Crippen LogP contribution in [0, 0.1) is 6.92 Å². The SMILES string of the molecule is Cc1nccn1CCNC(CO)CO. The van der Waals surface area contributed by atoms with E-state index in [4.69, 9.17) is 10.2 Å². The summed E-state index contributed by atoms with van der Waals surface area (Å²) >= 11 is 0. The van der Waals surface area contributed by atoms with E-state index >= 15 is 0 Å². The van der Waals surface area contributed by atoms with Gasteiger partial charge in [0.05, 0.1) is 19.3 Å². The number of rotatable bonds is 6. The summed E-state index contributed by atoms with van der Waals surface area (Å²) in [6.07, 6.45) is 3.66. The maximum atomic E-state index is 8.80. The first kappa shape index (κ1) is 11.2. The van der Waals surface area contributed by atoms with Gasteiger partial charge in [0.15, 0.2) is 0 Å². The van der Waals surface area contributed by atoms with E-state index in [1.807, 2.05) is 17.7 Å². The van der Waals surface area contributed by atoms with E-state index in [2.05, 4.69) is 10.3 Å². The van der Waals surface area contributed by atoms with Gasteiger partial charge < -0.3 is 20.1 Å². The van der Waals surface area contributed by atoms with E-state index in [1.54, 1.807) is 6.20 Å². The maximum Gasteiger partial charge on any atom is 0.105 e. The van der Waals surface area contributed by atoms with Crippen molar-refractivity contribution in [2.24, 2.45) is 0 Å². The number of imidazole rings is 1.